The molecule has 0 aliphatic carbocycles. The molecule has 0 aromatic heterocycles. The molecule has 5 heteroatoms. The third-order valence-corrected chi connectivity index (χ3v) is 4.74. The van der Waals surface area contributed by atoms with E-state index in [1.807, 2.05) is 38.1 Å². The first kappa shape index (κ1) is 17.1. The highest BCUT2D eigenvalue weighted by Gasteiger charge is 2.16. The van der Waals surface area contributed by atoms with Crippen molar-refractivity contribution in [3.63, 3.8) is 0 Å². The number of sulfonamides is 1. The maximum absolute atomic E-state index is 12.0. The zero-order valence-corrected chi connectivity index (χ0v) is 13.5. The van der Waals surface area contributed by atoms with Crippen molar-refractivity contribution in [3.8, 4) is 0 Å². The lowest BCUT2D eigenvalue weighted by atomic mass is 10.0. The lowest BCUT2D eigenvalue weighted by Crippen LogP contribution is -2.31. The van der Waals surface area contributed by atoms with Crippen molar-refractivity contribution >= 4 is 10.0 Å². The van der Waals surface area contributed by atoms with Crippen molar-refractivity contribution in [2.75, 3.05) is 18.8 Å². The van der Waals surface area contributed by atoms with Crippen LogP contribution in [0.4, 0.5) is 0 Å². The van der Waals surface area contributed by atoms with E-state index in [4.69, 9.17) is 0 Å². The van der Waals surface area contributed by atoms with Crippen molar-refractivity contribution in [1.29, 1.82) is 0 Å². The summed E-state index contributed by atoms with van der Waals surface area (Å²) >= 11 is 0. The molecule has 1 atom stereocenters. The Labute approximate surface area is 123 Å². The van der Waals surface area contributed by atoms with Crippen LogP contribution in [0.2, 0.25) is 0 Å². The summed E-state index contributed by atoms with van der Waals surface area (Å²) in [4.78, 5) is 0. The molecule has 2 N–H and O–H groups in total. The van der Waals surface area contributed by atoms with Crippen molar-refractivity contribution in [2.24, 2.45) is 0 Å². The Morgan fingerprint density at radius 2 is 1.90 bits per heavy atom. The number of rotatable bonds is 9. The van der Waals surface area contributed by atoms with Crippen LogP contribution in [0.3, 0.4) is 0 Å². The first-order valence-corrected chi connectivity index (χ1v) is 8.87. The Bertz CT molecular complexity index is 500. The molecule has 0 saturated carbocycles. The van der Waals surface area contributed by atoms with Gasteiger partial charge >= 0.3 is 0 Å². The van der Waals surface area contributed by atoms with E-state index in [1.165, 1.54) is 0 Å². The normalized spacial score (nSPS) is 13.3. The minimum atomic E-state index is -3.22. The Balaban J connectivity index is 2.47. The van der Waals surface area contributed by atoms with E-state index in [1.54, 1.807) is 0 Å². The van der Waals surface area contributed by atoms with Crippen molar-refractivity contribution in [2.45, 2.75) is 39.7 Å². The molecule has 0 aliphatic heterocycles. The van der Waals surface area contributed by atoms with Gasteiger partial charge in [-0.05, 0) is 50.9 Å². The monoisotopic (exact) mass is 298 g/mol. The maximum Gasteiger partial charge on any atom is 0.212 e. The van der Waals surface area contributed by atoms with Gasteiger partial charge in [-0.25, -0.2) is 13.1 Å². The lowest BCUT2D eigenvalue weighted by molar-refractivity contribution is 0.560. The molecule has 0 amide bonds. The molecule has 0 radical (unpaired) electrons. The van der Waals surface area contributed by atoms with Crippen molar-refractivity contribution < 1.29 is 8.42 Å². The molecule has 1 aromatic carbocycles. The lowest BCUT2D eigenvalue weighted by Gasteiger charge is -2.16. The molecular formula is C15H26N2O2S. The summed E-state index contributed by atoms with van der Waals surface area (Å²) in [5.41, 5.74) is 2.13. The van der Waals surface area contributed by atoms with Gasteiger partial charge in [0.15, 0.2) is 0 Å². The summed E-state index contributed by atoms with van der Waals surface area (Å²) in [7, 11) is -3.22. The van der Waals surface area contributed by atoms with E-state index in [0.717, 1.165) is 30.6 Å². The Morgan fingerprint density at radius 3 is 2.55 bits per heavy atom. The van der Waals surface area contributed by atoms with E-state index >= 15 is 0 Å². The third kappa shape index (κ3) is 6.03. The molecular weight excluding hydrogens is 272 g/mol. The molecule has 4 nitrogen and oxygen atoms in total. The summed E-state index contributed by atoms with van der Waals surface area (Å²) in [6.07, 6.45) is 1.70. The third-order valence-electron chi connectivity index (χ3n) is 3.20. The average Bonchev–Trinajstić information content (AvgIpc) is 2.38. The number of benzene rings is 1. The molecule has 1 rings (SSSR count). The van der Waals surface area contributed by atoms with Gasteiger partial charge in [-0.2, -0.15) is 0 Å². The van der Waals surface area contributed by atoms with E-state index in [-0.39, 0.29) is 11.8 Å². The summed E-state index contributed by atoms with van der Waals surface area (Å²) in [5.74, 6) is 0.167. The van der Waals surface area contributed by atoms with Crippen LogP contribution < -0.4 is 10.0 Å². The smallest absolute Gasteiger partial charge is 0.212 e. The number of nitrogens with one attached hydrogen (secondary N) is 2. The molecule has 1 aromatic rings. The summed E-state index contributed by atoms with van der Waals surface area (Å²) in [5, 5.41) is 3.21. The van der Waals surface area contributed by atoms with Gasteiger partial charge in [0.2, 0.25) is 10.0 Å². The largest absolute Gasteiger partial charge is 0.317 e. The first-order valence-electron chi connectivity index (χ1n) is 7.22. The summed E-state index contributed by atoms with van der Waals surface area (Å²) in [6.45, 7) is 7.65. The SMILES string of the molecule is CCCNCCCS(=O)(=O)NC(C)c1ccccc1C. The highest BCUT2D eigenvalue weighted by molar-refractivity contribution is 7.89. The van der Waals surface area contributed by atoms with Gasteiger partial charge < -0.3 is 5.32 Å². The van der Waals surface area contributed by atoms with Gasteiger partial charge in [-0.15, -0.1) is 0 Å². The Hall–Kier alpha value is -0.910. The van der Waals surface area contributed by atoms with E-state index in [9.17, 15) is 8.42 Å². The second-order valence-corrected chi connectivity index (χ2v) is 6.99. The van der Waals surface area contributed by atoms with Gasteiger partial charge in [0.25, 0.3) is 0 Å². The Kier molecular flexibility index (Phi) is 7.19. The van der Waals surface area contributed by atoms with Crippen LogP contribution in [0, 0.1) is 6.92 Å². The zero-order chi connectivity index (χ0) is 15.0. The van der Waals surface area contributed by atoms with E-state index in [0.29, 0.717) is 6.42 Å². The van der Waals surface area contributed by atoms with Gasteiger partial charge in [-0.1, -0.05) is 31.2 Å². The topological polar surface area (TPSA) is 58.2 Å². The molecule has 114 valence electrons. The van der Waals surface area contributed by atoms with Crippen LogP contribution >= 0.6 is 0 Å². The van der Waals surface area contributed by atoms with Crippen LogP contribution in [0.1, 0.15) is 43.9 Å². The summed E-state index contributed by atoms with van der Waals surface area (Å²) in [6, 6.07) is 7.66. The maximum atomic E-state index is 12.0. The van der Waals surface area contributed by atoms with Gasteiger partial charge in [0.1, 0.15) is 0 Å². The van der Waals surface area contributed by atoms with Crippen LogP contribution in [0.5, 0.6) is 0 Å². The number of hydrogen-bond donors (Lipinski definition) is 2. The predicted molar refractivity (Wildman–Crippen MR) is 84.3 cm³/mol. The highest BCUT2D eigenvalue weighted by Crippen LogP contribution is 2.17. The standard InChI is InChI=1S/C15H26N2O2S/c1-4-10-16-11-7-12-20(18,19)17-14(3)15-9-6-5-8-13(15)2/h5-6,8-9,14,16-17H,4,7,10-12H2,1-3H3. The molecule has 20 heavy (non-hydrogen) atoms. The molecule has 0 fully saturated rings. The van der Waals surface area contributed by atoms with Crippen LogP contribution in [0.15, 0.2) is 24.3 Å². The average molecular weight is 298 g/mol. The predicted octanol–water partition coefficient (Wildman–Crippen LogP) is 2.37. The van der Waals surface area contributed by atoms with Crippen LogP contribution in [0.25, 0.3) is 0 Å². The zero-order valence-electron chi connectivity index (χ0n) is 12.6. The van der Waals surface area contributed by atoms with Gasteiger partial charge in [0, 0.05) is 6.04 Å². The molecule has 0 heterocycles. The Morgan fingerprint density at radius 1 is 1.20 bits per heavy atom. The van der Waals surface area contributed by atoms with Crippen molar-refractivity contribution in [1.82, 2.24) is 10.0 Å². The highest BCUT2D eigenvalue weighted by atomic mass is 32.2. The minimum absolute atomic E-state index is 0.167. The molecule has 1 unspecified atom stereocenters. The fraction of sp³-hybridized carbons (Fsp3) is 0.600. The van der Waals surface area contributed by atoms with Crippen LogP contribution in [-0.4, -0.2) is 27.3 Å². The number of hydrogen-bond acceptors (Lipinski definition) is 3. The van der Waals surface area contributed by atoms with Crippen LogP contribution in [-0.2, 0) is 10.0 Å². The fourth-order valence-electron chi connectivity index (χ4n) is 2.15. The first-order chi connectivity index (χ1) is 9.46. The fourth-order valence-corrected chi connectivity index (χ4v) is 3.46. The van der Waals surface area contributed by atoms with E-state index in [2.05, 4.69) is 17.0 Å². The van der Waals surface area contributed by atoms with Gasteiger partial charge in [0.05, 0.1) is 5.75 Å². The molecule has 0 spiro atoms. The second-order valence-electron chi connectivity index (χ2n) is 5.12. The molecule has 0 saturated heterocycles. The number of aryl methyl sites for hydroxylation is 1. The second kappa shape index (κ2) is 8.39. The van der Waals surface area contributed by atoms with Gasteiger partial charge in [-0.3, -0.25) is 0 Å². The molecule has 0 aliphatic rings. The minimum Gasteiger partial charge on any atom is -0.317 e. The quantitative estimate of drug-likeness (QED) is 0.688. The van der Waals surface area contributed by atoms with E-state index < -0.39 is 10.0 Å². The molecule has 0 bridgehead atoms. The summed E-state index contributed by atoms with van der Waals surface area (Å²) < 4.78 is 26.8. The van der Waals surface area contributed by atoms with Crippen molar-refractivity contribution in [3.05, 3.63) is 35.4 Å².